The van der Waals surface area contributed by atoms with Crippen LogP contribution < -0.4 is 0 Å². The SMILES string of the molecule is CCCCCCCC[C@H]1CC[C@H](c2ccc(-c3ccc([C@H]4CC[C@H](CCC)CC4)cc3)cc2)CC1. The summed E-state index contributed by atoms with van der Waals surface area (Å²) < 4.78 is 0. The molecule has 0 atom stereocenters. The Balaban J connectivity index is 1.21. The van der Waals surface area contributed by atoms with Crippen molar-refractivity contribution in [1.29, 1.82) is 0 Å². The Bertz CT molecular complexity index is 813. The van der Waals surface area contributed by atoms with Crippen molar-refractivity contribution in [2.24, 2.45) is 11.8 Å². The van der Waals surface area contributed by atoms with E-state index in [0.29, 0.717) is 0 Å². The summed E-state index contributed by atoms with van der Waals surface area (Å²) in [6.07, 6.45) is 24.2. The van der Waals surface area contributed by atoms with Gasteiger partial charge in [-0.15, -0.1) is 0 Å². The molecule has 0 nitrogen and oxygen atoms in total. The normalized spacial score (nSPS) is 25.0. The van der Waals surface area contributed by atoms with Crippen molar-refractivity contribution in [3.63, 3.8) is 0 Å². The van der Waals surface area contributed by atoms with E-state index in [2.05, 4.69) is 62.4 Å². The monoisotopic (exact) mass is 472 g/mol. The third-order valence-electron chi connectivity index (χ3n) is 9.45. The summed E-state index contributed by atoms with van der Waals surface area (Å²) in [6.45, 7) is 4.64. The van der Waals surface area contributed by atoms with Gasteiger partial charge in [-0.05, 0) is 97.3 Å². The standard InChI is InChI=1S/C35H52/c1-3-5-6-7-8-9-11-29-14-18-31(19-15-29)33-22-26-35(27-23-33)34-24-20-32(21-25-34)30-16-12-28(10-4-2)13-17-30/h20-31H,3-19H2,1-2H3/t28-,29-,30-,31-. The van der Waals surface area contributed by atoms with Crippen LogP contribution in [0.1, 0.15) is 146 Å². The summed E-state index contributed by atoms with van der Waals surface area (Å²) in [6, 6.07) is 19.2. The summed E-state index contributed by atoms with van der Waals surface area (Å²) in [7, 11) is 0. The van der Waals surface area contributed by atoms with Gasteiger partial charge in [-0.2, -0.15) is 0 Å². The van der Waals surface area contributed by atoms with Gasteiger partial charge in [0.15, 0.2) is 0 Å². The first kappa shape index (κ1) is 26.5. The molecule has 2 fully saturated rings. The highest BCUT2D eigenvalue weighted by molar-refractivity contribution is 5.64. The lowest BCUT2D eigenvalue weighted by molar-refractivity contribution is 0.302. The number of unbranched alkanes of at least 4 members (excludes halogenated alkanes) is 5. The number of hydrogen-bond acceptors (Lipinski definition) is 0. The molecule has 0 radical (unpaired) electrons. The summed E-state index contributed by atoms with van der Waals surface area (Å²) in [5.74, 6) is 3.56. The van der Waals surface area contributed by atoms with E-state index in [0.717, 1.165) is 23.7 Å². The Hall–Kier alpha value is -1.56. The van der Waals surface area contributed by atoms with Crippen LogP contribution in [0.3, 0.4) is 0 Å². The van der Waals surface area contributed by atoms with Gasteiger partial charge in [-0.3, -0.25) is 0 Å². The van der Waals surface area contributed by atoms with Gasteiger partial charge in [-0.25, -0.2) is 0 Å². The molecule has 0 saturated heterocycles. The molecule has 2 aliphatic carbocycles. The van der Waals surface area contributed by atoms with Gasteiger partial charge in [0.2, 0.25) is 0 Å². The first-order valence-electron chi connectivity index (χ1n) is 15.5. The largest absolute Gasteiger partial charge is 0.0654 e. The van der Waals surface area contributed by atoms with E-state index in [1.165, 1.54) is 120 Å². The van der Waals surface area contributed by atoms with Crippen molar-refractivity contribution in [3.05, 3.63) is 59.7 Å². The van der Waals surface area contributed by atoms with Gasteiger partial charge in [0.25, 0.3) is 0 Å². The first-order chi connectivity index (χ1) is 17.3. The molecule has 0 N–H and O–H groups in total. The second-order valence-electron chi connectivity index (χ2n) is 12.0. The topological polar surface area (TPSA) is 0 Å². The average molecular weight is 473 g/mol. The van der Waals surface area contributed by atoms with Crippen LogP contribution in [0.15, 0.2) is 48.5 Å². The zero-order valence-electron chi connectivity index (χ0n) is 22.9. The highest BCUT2D eigenvalue weighted by atomic mass is 14.3. The van der Waals surface area contributed by atoms with Crippen LogP contribution in [0.2, 0.25) is 0 Å². The maximum atomic E-state index is 2.43. The minimum Gasteiger partial charge on any atom is -0.0654 e. The molecule has 0 aliphatic heterocycles. The van der Waals surface area contributed by atoms with E-state index in [4.69, 9.17) is 0 Å². The van der Waals surface area contributed by atoms with Crippen molar-refractivity contribution < 1.29 is 0 Å². The zero-order chi connectivity index (χ0) is 24.3. The second-order valence-corrected chi connectivity index (χ2v) is 12.0. The van der Waals surface area contributed by atoms with E-state index in [1.54, 1.807) is 11.1 Å². The van der Waals surface area contributed by atoms with Crippen LogP contribution in [0.5, 0.6) is 0 Å². The highest BCUT2D eigenvalue weighted by Crippen LogP contribution is 2.40. The predicted octanol–water partition coefficient (Wildman–Crippen LogP) is 11.5. The molecule has 0 heterocycles. The molecular weight excluding hydrogens is 420 g/mol. The van der Waals surface area contributed by atoms with E-state index in [9.17, 15) is 0 Å². The average Bonchev–Trinajstić information content (AvgIpc) is 2.92. The van der Waals surface area contributed by atoms with Crippen LogP contribution in [-0.4, -0.2) is 0 Å². The fourth-order valence-corrected chi connectivity index (χ4v) is 7.09. The minimum absolute atomic E-state index is 0.787. The molecule has 0 spiro atoms. The van der Waals surface area contributed by atoms with Gasteiger partial charge in [-0.1, -0.05) is 120 Å². The van der Waals surface area contributed by atoms with Crippen LogP contribution in [-0.2, 0) is 0 Å². The molecule has 0 heteroatoms. The number of rotatable bonds is 12. The lowest BCUT2D eigenvalue weighted by atomic mass is 9.76. The Morgan fingerprint density at radius 2 is 0.886 bits per heavy atom. The number of benzene rings is 2. The van der Waals surface area contributed by atoms with Crippen LogP contribution in [0.25, 0.3) is 11.1 Å². The van der Waals surface area contributed by atoms with Crippen LogP contribution >= 0.6 is 0 Å². The molecule has 2 saturated carbocycles. The van der Waals surface area contributed by atoms with Gasteiger partial charge in [0.1, 0.15) is 0 Å². The lowest BCUT2D eigenvalue weighted by Crippen LogP contribution is -2.13. The summed E-state index contributed by atoms with van der Waals surface area (Å²) in [5.41, 5.74) is 5.90. The highest BCUT2D eigenvalue weighted by Gasteiger charge is 2.23. The van der Waals surface area contributed by atoms with E-state index in [-0.39, 0.29) is 0 Å². The zero-order valence-corrected chi connectivity index (χ0v) is 22.9. The van der Waals surface area contributed by atoms with Gasteiger partial charge in [0.05, 0.1) is 0 Å². The van der Waals surface area contributed by atoms with E-state index >= 15 is 0 Å². The third kappa shape index (κ3) is 7.96. The molecule has 0 unspecified atom stereocenters. The maximum Gasteiger partial charge on any atom is -0.0162 e. The molecule has 192 valence electrons. The summed E-state index contributed by atoms with van der Waals surface area (Å²) in [4.78, 5) is 0. The second kappa shape index (κ2) is 14.2. The molecule has 35 heavy (non-hydrogen) atoms. The van der Waals surface area contributed by atoms with Crippen LogP contribution in [0.4, 0.5) is 0 Å². The molecule has 2 aromatic carbocycles. The fourth-order valence-electron chi connectivity index (χ4n) is 7.09. The first-order valence-corrected chi connectivity index (χ1v) is 15.5. The fraction of sp³-hybridized carbons (Fsp3) is 0.657. The molecule has 0 aromatic heterocycles. The maximum absolute atomic E-state index is 2.43. The molecule has 4 rings (SSSR count). The van der Waals surface area contributed by atoms with Crippen molar-refractivity contribution in [1.82, 2.24) is 0 Å². The smallest absolute Gasteiger partial charge is 0.0162 e. The van der Waals surface area contributed by atoms with Crippen molar-refractivity contribution in [2.75, 3.05) is 0 Å². The molecular formula is C35H52. The minimum atomic E-state index is 0.787. The molecule has 2 aliphatic rings. The van der Waals surface area contributed by atoms with Gasteiger partial charge < -0.3 is 0 Å². The quantitative estimate of drug-likeness (QED) is 0.269. The lowest BCUT2D eigenvalue weighted by Gasteiger charge is -2.29. The summed E-state index contributed by atoms with van der Waals surface area (Å²) in [5, 5.41) is 0. The van der Waals surface area contributed by atoms with E-state index in [1.807, 2.05) is 0 Å². The van der Waals surface area contributed by atoms with Gasteiger partial charge >= 0.3 is 0 Å². The van der Waals surface area contributed by atoms with Crippen molar-refractivity contribution >= 4 is 0 Å². The number of hydrogen-bond donors (Lipinski definition) is 0. The van der Waals surface area contributed by atoms with Crippen LogP contribution in [0, 0.1) is 11.8 Å². The molecule has 0 amide bonds. The van der Waals surface area contributed by atoms with Crippen molar-refractivity contribution in [2.45, 2.75) is 135 Å². The molecule has 0 bridgehead atoms. The summed E-state index contributed by atoms with van der Waals surface area (Å²) >= 11 is 0. The molecule has 2 aromatic rings. The Kier molecular flexibility index (Phi) is 10.8. The Labute approximate surface area is 217 Å². The van der Waals surface area contributed by atoms with Gasteiger partial charge in [0, 0.05) is 0 Å². The third-order valence-corrected chi connectivity index (χ3v) is 9.45. The van der Waals surface area contributed by atoms with E-state index < -0.39 is 0 Å². The predicted molar refractivity (Wildman–Crippen MR) is 154 cm³/mol. The Morgan fingerprint density at radius 1 is 0.457 bits per heavy atom. The Morgan fingerprint density at radius 3 is 1.34 bits per heavy atom. The van der Waals surface area contributed by atoms with Crippen molar-refractivity contribution in [3.8, 4) is 11.1 Å².